The lowest BCUT2D eigenvalue weighted by atomic mass is 10.1. The van der Waals surface area contributed by atoms with Gasteiger partial charge in [-0.15, -0.1) is 24.8 Å². The summed E-state index contributed by atoms with van der Waals surface area (Å²) in [7, 11) is 0. The Kier molecular flexibility index (Phi) is 8.57. The Labute approximate surface area is 95.5 Å². The first kappa shape index (κ1) is 15.3. The third-order valence-corrected chi connectivity index (χ3v) is 1.75. The van der Waals surface area contributed by atoms with Crippen LogP contribution in [0.4, 0.5) is 5.69 Å². The van der Waals surface area contributed by atoms with Crippen molar-refractivity contribution in [1.29, 1.82) is 0 Å². The molecule has 2 nitrogen and oxygen atoms in total. The Morgan fingerprint density at radius 3 is 2.38 bits per heavy atom. The third-order valence-electron chi connectivity index (χ3n) is 1.52. The smallest absolute Gasteiger partial charge is 0.0410 e. The molecule has 0 amide bonds. The van der Waals surface area contributed by atoms with E-state index < -0.39 is 0 Å². The van der Waals surface area contributed by atoms with Crippen molar-refractivity contribution < 1.29 is 0 Å². The maximum Gasteiger partial charge on any atom is 0.0410 e. The first-order chi connectivity index (χ1) is 5.24. The van der Waals surface area contributed by atoms with Gasteiger partial charge in [-0.1, -0.05) is 11.6 Å². The van der Waals surface area contributed by atoms with Crippen molar-refractivity contribution >= 4 is 42.1 Å². The van der Waals surface area contributed by atoms with Gasteiger partial charge >= 0.3 is 0 Å². The molecule has 0 heterocycles. The van der Waals surface area contributed by atoms with E-state index in [9.17, 15) is 0 Å². The number of nitrogen functional groups attached to an aromatic ring is 1. The fourth-order valence-corrected chi connectivity index (χ4v) is 1.14. The van der Waals surface area contributed by atoms with Crippen molar-refractivity contribution in [3.8, 4) is 0 Å². The Balaban J connectivity index is 0. The monoisotopic (exact) mass is 242 g/mol. The van der Waals surface area contributed by atoms with Crippen LogP contribution in [-0.4, -0.2) is 6.54 Å². The molecule has 0 atom stereocenters. The molecule has 0 saturated heterocycles. The molecule has 0 aliphatic heterocycles. The molecule has 1 rings (SSSR count). The summed E-state index contributed by atoms with van der Waals surface area (Å²) in [5.41, 5.74) is 12.8. The van der Waals surface area contributed by atoms with Crippen LogP contribution in [-0.2, 0) is 6.42 Å². The summed E-state index contributed by atoms with van der Waals surface area (Å²) >= 11 is 5.76. The summed E-state index contributed by atoms with van der Waals surface area (Å²) in [6.07, 6.45) is 0.784. The van der Waals surface area contributed by atoms with Gasteiger partial charge in [0.15, 0.2) is 0 Å². The van der Waals surface area contributed by atoms with Gasteiger partial charge in [0.25, 0.3) is 0 Å². The normalized spacial score (nSPS) is 8.46. The van der Waals surface area contributed by atoms with Crippen LogP contribution in [0.1, 0.15) is 5.56 Å². The van der Waals surface area contributed by atoms with Crippen LogP contribution in [0.5, 0.6) is 0 Å². The van der Waals surface area contributed by atoms with Gasteiger partial charge in [-0.05, 0) is 36.7 Å². The Bertz CT molecular complexity index is 253. The van der Waals surface area contributed by atoms with E-state index in [2.05, 4.69) is 0 Å². The summed E-state index contributed by atoms with van der Waals surface area (Å²) in [5.74, 6) is 0. The molecular formula is C8H13Cl3N2. The van der Waals surface area contributed by atoms with Crippen LogP contribution >= 0.6 is 36.4 Å². The molecule has 76 valence electrons. The minimum Gasteiger partial charge on any atom is -0.399 e. The van der Waals surface area contributed by atoms with Gasteiger partial charge in [0, 0.05) is 10.7 Å². The van der Waals surface area contributed by atoms with Gasteiger partial charge in [0.1, 0.15) is 0 Å². The van der Waals surface area contributed by atoms with Gasteiger partial charge in [0.05, 0.1) is 0 Å². The highest BCUT2D eigenvalue weighted by Crippen LogP contribution is 2.17. The third kappa shape index (κ3) is 4.58. The summed E-state index contributed by atoms with van der Waals surface area (Å²) < 4.78 is 0. The van der Waals surface area contributed by atoms with Gasteiger partial charge in [-0.3, -0.25) is 0 Å². The van der Waals surface area contributed by atoms with Crippen molar-refractivity contribution in [2.75, 3.05) is 12.3 Å². The van der Waals surface area contributed by atoms with E-state index in [1.54, 1.807) is 12.1 Å². The molecule has 4 N–H and O–H groups in total. The Hall–Kier alpha value is -0.150. The van der Waals surface area contributed by atoms with Crippen molar-refractivity contribution in [2.24, 2.45) is 5.73 Å². The molecule has 0 aliphatic rings. The van der Waals surface area contributed by atoms with E-state index in [0.29, 0.717) is 11.6 Å². The highest BCUT2D eigenvalue weighted by molar-refractivity contribution is 6.30. The molecular weight excluding hydrogens is 230 g/mol. The predicted molar refractivity (Wildman–Crippen MR) is 63.1 cm³/mol. The van der Waals surface area contributed by atoms with Gasteiger partial charge in [-0.2, -0.15) is 0 Å². The first-order valence-electron chi connectivity index (χ1n) is 3.48. The van der Waals surface area contributed by atoms with Crippen LogP contribution in [0.25, 0.3) is 0 Å². The van der Waals surface area contributed by atoms with Crippen molar-refractivity contribution in [3.05, 3.63) is 28.8 Å². The number of nitrogens with two attached hydrogens (primary N) is 2. The number of hydrogen-bond donors (Lipinski definition) is 2. The van der Waals surface area contributed by atoms with Crippen LogP contribution in [0.15, 0.2) is 18.2 Å². The first-order valence-corrected chi connectivity index (χ1v) is 3.86. The predicted octanol–water partition coefficient (Wildman–Crippen LogP) is 2.27. The lowest BCUT2D eigenvalue weighted by Gasteiger charge is -2.03. The zero-order valence-electron chi connectivity index (χ0n) is 7.00. The molecule has 0 bridgehead atoms. The standard InChI is InChI=1S/C8H11ClN2.2ClH/c9-7-1-2-8(11)6(5-7)3-4-10;;/h1-2,5H,3-4,10-11H2;2*1H. The quantitative estimate of drug-likeness (QED) is 0.783. The van der Waals surface area contributed by atoms with Crippen LogP contribution < -0.4 is 11.5 Å². The summed E-state index contributed by atoms with van der Waals surface area (Å²) in [6, 6.07) is 5.42. The average Bonchev–Trinajstić information content (AvgIpc) is 1.98. The minimum atomic E-state index is 0. The molecule has 0 fully saturated rings. The highest BCUT2D eigenvalue weighted by Gasteiger charge is 1.97. The van der Waals surface area contributed by atoms with Crippen molar-refractivity contribution in [3.63, 3.8) is 0 Å². The molecule has 1 aromatic carbocycles. The Morgan fingerprint density at radius 1 is 1.23 bits per heavy atom. The molecule has 0 aliphatic carbocycles. The molecule has 13 heavy (non-hydrogen) atoms. The molecule has 0 unspecified atom stereocenters. The second kappa shape index (κ2) is 7.27. The summed E-state index contributed by atoms with van der Waals surface area (Å²) in [4.78, 5) is 0. The van der Waals surface area contributed by atoms with Gasteiger partial charge in [-0.25, -0.2) is 0 Å². The van der Waals surface area contributed by atoms with E-state index in [1.165, 1.54) is 0 Å². The second-order valence-electron chi connectivity index (χ2n) is 2.38. The lowest BCUT2D eigenvalue weighted by molar-refractivity contribution is 0.971. The zero-order valence-corrected chi connectivity index (χ0v) is 9.38. The molecule has 0 radical (unpaired) electrons. The van der Waals surface area contributed by atoms with E-state index >= 15 is 0 Å². The van der Waals surface area contributed by atoms with Crippen molar-refractivity contribution in [2.45, 2.75) is 6.42 Å². The summed E-state index contributed by atoms with van der Waals surface area (Å²) in [5, 5.41) is 0.711. The maximum absolute atomic E-state index is 5.76. The number of anilines is 1. The van der Waals surface area contributed by atoms with E-state index in [4.69, 9.17) is 23.1 Å². The fraction of sp³-hybridized carbons (Fsp3) is 0.250. The minimum absolute atomic E-state index is 0. The van der Waals surface area contributed by atoms with Crippen LogP contribution in [0.3, 0.4) is 0 Å². The topological polar surface area (TPSA) is 52.0 Å². The summed E-state index contributed by atoms with van der Waals surface area (Å²) in [6.45, 7) is 0.602. The molecule has 0 spiro atoms. The van der Waals surface area contributed by atoms with Gasteiger partial charge < -0.3 is 11.5 Å². The highest BCUT2D eigenvalue weighted by atomic mass is 35.5. The van der Waals surface area contributed by atoms with Crippen LogP contribution in [0, 0.1) is 0 Å². The fourth-order valence-electron chi connectivity index (χ4n) is 0.946. The van der Waals surface area contributed by atoms with E-state index in [-0.39, 0.29) is 24.8 Å². The SMILES string of the molecule is Cl.Cl.NCCc1cc(Cl)ccc1N. The molecule has 1 aromatic rings. The number of benzene rings is 1. The second-order valence-corrected chi connectivity index (χ2v) is 2.82. The molecule has 5 heteroatoms. The van der Waals surface area contributed by atoms with E-state index in [0.717, 1.165) is 17.7 Å². The zero-order chi connectivity index (χ0) is 8.27. The average molecular weight is 244 g/mol. The molecule has 0 aromatic heterocycles. The Morgan fingerprint density at radius 2 is 1.85 bits per heavy atom. The van der Waals surface area contributed by atoms with Gasteiger partial charge in [0.2, 0.25) is 0 Å². The number of rotatable bonds is 2. The largest absolute Gasteiger partial charge is 0.399 e. The number of halogens is 3. The van der Waals surface area contributed by atoms with Crippen LogP contribution in [0.2, 0.25) is 5.02 Å². The van der Waals surface area contributed by atoms with Crippen molar-refractivity contribution in [1.82, 2.24) is 0 Å². The lowest BCUT2D eigenvalue weighted by Crippen LogP contribution is -2.04. The molecule has 0 saturated carbocycles. The van der Waals surface area contributed by atoms with E-state index in [1.807, 2.05) is 6.07 Å². The maximum atomic E-state index is 5.76. The number of hydrogen-bond acceptors (Lipinski definition) is 2.